The molecule has 3 aliphatic heterocycles. The highest BCUT2D eigenvalue weighted by atomic mass is 16.4. The second kappa shape index (κ2) is 35.0. The van der Waals surface area contributed by atoms with Gasteiger partial charge in [0.25, 0.3) is 0 Å². The Morgan fingerprint density at radius 1 is 0.432 bits per heavy atom. The molecule has 0 spiro atoms. The Balaban J connectivity index is 1.69. The van der Waals surface area contributed by atoms with Crippen molar-refractivity contribution in [2.45, 2.75) is 190 Å². The SMILES string of the molecule is CC(C)[C@H](N)C(=O)N1CCC[C@H]1C(=O)N[C@@H](CO)C(=O)N1CCC[C@H]1C(=O)N[C@H](C(=O)N[C@@H](CO)C(=O)N[C@@H](CO)C(=O)N1CCC[C@H]1C(=O)N[C@@H](CCCCN)C(=O)N[C@@H](CCCCN)C(=O)N[C@@H](CCCCN)C(=O)O)C(C)C. The zero-order valence-electron chi connectivity index (χ0n) is 47.4. The highest BCUT2D eigenvalue weighted by Gasteiger charge is 2.44. The molecular formula is C52H92N14O15. The number of carbonyl (C=O) groups is 11. The van der Waals surface area contributed by atoms with E-state index in [1.807, 2.05) is 0 Å². The number of aliphatic carboxylic acids is 1. The lowest BCUT2D eigenvalue weighted by Crippen LogP contribution is -2.62. The second-order valence-electron chi connectivity index (χ2n) is 21.7. The number of nitrogens with zero attached hydrogens (tertiary/aromatic N) is 3. The number of rotatable bonds is 35. The van der Waals surface area contributed by atoms with Crippen molar-refractivity contribution in [2.75, 3.05) is 59.1 Å². The van der Waals surface area contributed by atoms with E-state index in [-0.39, 0.29) is 64.2 Å². The summed E-state index contributed by atoms with van der Waals surface area (Å²) in [7, 11) is 0. The molecular weight excluding hydrogens is 1060 g/mol. The molecule has 81 heavy (non-hydrogen) atoms. The number of nitrogens with one attached hydrogen (secondary N) is 7. The van der Waals surface area contributed by atoms with E-state index in [0.717, 1.165) is 4.90 Å². The second-order valence-corrected chi connectivity index (χ2v) is 21.7. The predicted octanol–water partition coefficient (Wildman–Crippen LogP) is -5.56. The van der Waals surface area contributed by atoms with Crippen LogP contribution in [-0.4, -0.2) is 226 Å². The molecule has 0 aromatic rings. The minimum absolute atomic E-state index is 0.00248. The fourth-order valence-corrected chi connectivity index (χ4v) is 10.0. The van der Waals surface area contributed by atoms with E-state index < -0.39 is 157 Å². The number of carboxylic acids is 1. The molecule has 29 nitrogen and oxygen atoms in total. The van der Waals surface area contributed by atoms with E-state index in [0.29, 0.717) is 77.3 Å². The fraction of sp³-hybridized carbons (Fsp3) is 0.788. The van der Waals surface area contributed by atoms with Crippen LogP contribution in [0.1, 0.15) is 124 Å². The van der Waals surface area contributed by atoms with Gasteiger partial charge >= 0.3 is 5.97 Å². The van der Waals surface area contributed by atoms with Crippen molar-refractivity contribution < 1.29 is 73.2 Å². The topological polar surface area (TPSA) is 467 Å². The van der Waals surface area contributed by atoms with Crippen molar-refractivity contribution in [1.82, 2.24) is 51.9 Å². The van der Waals surface area contributed by atoms with E-state index in [4.69, 9.17) is 22.9 Å². The quantitative estimate of drug-likeness (QED) is 0.0263. The summed E-state index contributed by atoms with van der Waals surface area (Å²) in [6.45, 7) is 5.16. The third-order valence-electron chi connectivity index (χ3n) is 14.9. The third-order valence-corrected chi connectivity index (χ3v) is 14.9. The summed E-state index contributed by atoms with van der Waals surface area (Å²) < 4.78 is 0. The van der Waals surface area contributed by atoms with Gasteiger partial charge in [-0.25, -0.2) is 4.79 Å². The summed E-state index contributed by atoms with van der Waals surface area (Å²) in [5, 5.41) is 58.4. The molecule has 460 valence electrons. The van der Waals surface area contributed by atoms with Gasteiger partial charge in [-0.2, -0.15) is 0 Å². The first-order chi connectivity index (χ1) is 38.5. The summed E-state index contributed by atoms with van der Waals surface area (Å²) in [4.78, 5) is 153. The molecule has 0 aliphatic carbocycles. The van der Waals surface area contributed by atoms with Gasteiger partial charge in [-0.15, -0.1) is 0 Å². The molecule has 0 unspecified atom stereocenters. The predicted molar refractivity (Wildman–Crippen MR) is 293 cm³/mol. The third kappa shape index (κ3) is 20.4. The van der Waals surface area contributed by atoms with Gasteiger partial charge in [0, 0.05) is 19.6 Å². The minimum Gasteiger partial charge on any atom is -0.480 e. The molecule has 19 N–H and O–H groups in total. The standard InChI is InChI=1S/C52H92N14O15/c1-29(2)40(56)51(79)66-25-13-18-38(66)46(74)62-36(28-69)50(78)65-24-12-19-39(65)47(75)63-41(30(3)4)48(76)60-34(26-67)44(72)61-35(27-68)49(77)64-23-11-17-37(64)45(73)58-32(15-6-9-21-54)42(70)57-31(14-5-8-20-53)43(71)59-33(52(80)81)16-7-10-22-55/h29-41,67-69H,5-28,53-56H2,1-4H3,(H,57,70)(H,58,73)(H,59,71)(H,60,76)(H,61,72)(H,62,74)(H,63,75)(H,80,81)/t31-,32-,33-,34-,35-,36-,37-,38-,39-,40-,41-/m0/s1. The first-order valence-electron chi connectivity index (χ1n) is 28.5. The number of carbonyl (C=O) groups excluding carboxylic acids is 10. The Kier molecular flexibility index (Phi) is 29.9. The summed E-state index contributed by atoms with van der Waals surface area (Å²) >= 11 is 0. The summed E-state index contributed by atoms with van der Waals surface area (Å²) in [5.41, 5.74) is 23.0. The molecule has 11 atom stereocenters. The van der Waals surface area contributed by atoms with Crippen LogP contribution in [0.15, 0.2) is 0 Å². The molecule has 10 amide bonds. The first kappa shape index (κ1) is 69.2. The van der Waals surface area contributed by atoms with E-state index in [2.05, 4.69) is 37.2 Å². The van der Waals surface area contributed by atoms with Crippen LogP contribution in [0.25, 0.3) is 0 Å². The Hall–Kier alpha value is -6.11. The molecule has 3 saturated heterocycles. The average Bonchev–Trinajstić information content (AvgIpc) is 4.26. The number of nitrogens with two attached hydrogens (primary N) is 4. The van der Waals surface area contributed by atoms with E-state index in [1.165, 1.54) is 9.80 Å². The van der Waals surface area contributed by atoms with Gasteiger partial charge in [0.05, 0.1) is 25.9 Å². The molecule has 0 bridgehead atoms. The van der Waals surface area contributed by atoms with Crippen molar-refractivity contribution in [3.8, 4) is 0 Å². The van der Waals surface area contributed by atoms with Crippen LogP contribution in [0.4, 0.5) is 0 Å². The maximum Gasteiger partial charge on any atom is 0.326 e. The molecule has 3 aliphatic rings. The molecule has 3 heterocycles. The minimum atomic E-state index is -1.74. The molecule has 29 heteroatoms. The van der Waals surface area contributed by atoms with Gasteiger partial charge in [-0.3, -0.25) is 47.9 Å². The largest absolute Gasteiger partial charge is 0.480 e. The van der Waals surface area contributed by atoms with Gasteiger partial charge in [0.15, 0.2) is 0 Å². The zero-order valence-corrected chi connectivity index (χ0v) is 47.4. The van der Waals surface area contributed by atoms with Crippen LogP contribution >= 0.6 is 0 Å². The van der Waals surface area contributed by atoms with E-state index in [1.54, 1.807) is 27.7 Å². The van der Waals surface area contributed by atoms with Gasteiger partial charge in [0.2, 0.25) is 59.1 Å². The Morgan fingerprint density at radius 3 is 1.16 bits per heavy atom. The van der Waals surface area contributed by atoms with Gasteiger partial charge in [0.1, 0.15) is 60.4 Å². The Morgan fingerprint density at radius 2 is 0.765 bits per heavy atom. The molecule has 0 saturated carbocycles. The number of amides is 10. The molecule has 3 fully saturated rings. The number of hydrogen-bond donors (Lipinski definition) is 15. The van der Waals surface area contributed by atoms with Crippen LogP contribution in [0.2, 0.25) is 0 Å². The summed E-state index contributed by atoms with van der Waals surface area (Å²) in [5.74, 6) is -9.92. The normalized spacial score (nSPS) is 20.1. The van der Waals surface area contributed by atoms with Crippen molar-refractivity contribution in [3.05, 3.63) is 0 Å². The average molecular weight is 1150 g/mol. The zero-order chi connectivity index (χ0) is 60.5. The number of likely N-dealkylation sites (tertiary alicyclic amines) is 3. The lowest BCUT2D eigenvalue weighted by Gasteiger charge is -2.32. The van der Waals surface area contributed by atoms with Crippen molar-refractivity contribution in [2.24, 2.45) is 34.8 Å². The maximum absolute atomic E-state index is 14.0. The lowest BCUT2D eigenvalue weighted by atomic mass is 10.0. The van der Waals surface area contributed by atoms with Gasteiger partial charge < -0.3 is 95.3 Å². The highest BCUT2D eigenvalue weighted by Crippen LogP contribution is 2.23. The molecule has 0 aromatic heterocycles. The van der Waals surface area contributed by atoms with Crippen molar-refractivity contribution in [1.29, 1.82) is 0 Å². The van der Waals surface area contributed by atoms with Crippen LogP contribution < -0.4 is 60.2 Å². The first-order valence-corrected chi connectivity index (χ1v) is 28.5. The maximum atomic E-state index is 14.0. The fourth-order valence-electron chi connectivity index (χ4n) is 10.0. The smallest absolute Gasteiger partial charge is 0.326 e. The Bertz CT molecular complexity index is 2140. The summed E-state index contributed by atoms with van der Waals surface area (Å²) in [6, 6.07) is -14.1. The van der Waals surface area contributed by atoms with E-state index >= 15 is 0 Å². The number of unbranched alkanes of at least 4 members (excludes halogenated alkanes) is 3. The van der Waals surface area contributed by atoms with Crippen molar-refractivity contribution >= 4 is 65.0 Å². The number of aliphatic hydroxyl groups is 3. The Labute approximate surface area is 473 Å². The van der Waals surface area contributed by atoms with Gasteiger partial charge in [-0.05, 0) is 128 Å². The molecule has 0 radical (unpaired) electrons. The number of aliphatic hydroxyl groups excluding tert-OH is 3. The lowest BCUT2D eigenvalue weighted by molar-refractivity contribution is -0.145. The van der Waals surface area contributed by atoms with Crippen LogP contribution in [0.5, 0.6) is 0 Å². The van der Waals surface area contributed by atoms with Crippen molar-refractivity contribution in [3.63, 3.8) is 0 Å². The number of hydrogen-bond acceptors (Lipinski definition) is 18. The van der Waals surface area contributed by atoms with E-state index in [9.17, 15) is 73.2 Å². The monoisotopic (exact) mass is 1150 g/mol. The summed E-state index contributed by atoms with van der Waals surface area (Å²) in [6.07, 6.45) is 4.74. The van der Waals surface area contributed by atoms with Gasteiger partial charge in [-0.1, -0.05) is 27.7 Å². The highest BCUT2D eigenvalue weighted by molar-refractivity contribution is 5.99. The van der Waals surface area contributed by atoms with Crippen LogP contribution in [0, 0.1) is 11.8 Å². The molecule has 3 rings (SSSR count). The molecule has 0 aromatic carbocycles. The van der Waals surface area contributed by atoms with Crippen LogP contribution in [0.3, 0.4) is 0 Å². The van der Waals surface area contributed by atoms with Crippen LogP contribution in [-0.2, 0) is 52.7 Å². The number of carboxylic acid groups (broad SMARTS) is 1.